The molecule has 0 bridgehead atoms. The van der Waals surface area contributed by atoms with Crippen LogP contribution in [0.3, 0.4) is 0 Å². The van der Waals surface area contributed by atoms with Crippen LogP contribution in [-0.4, -0.2) is 58.4 Å². The summed E-state index contributed by atoms with van der Waals surface area (Å²) >= 11 is 0. The number of benzene rings is 2. The maximum atomic E-state index is 11.4. The molecule has 144 valence electrons. The van der Waals surface area contributed by atoms with Gasteiger partial charge < -0.3 is 25.3 Å². The van der Waals surface area contributed by atoms with Gasteiger partial charge in [0, 0.05) is 39.3 Å². The number of carboxylic acid groups (broad SMARTS) is 2. The first-order valence-electron chi connectivity index (χ1n) is 8.80. The summed E-state index contributed by atoms with van der Waals surface area (Å²) in [6.45, 7) is 2.22. The molecule has 0 atom stereocenters. The molecule has 7 nitrogen and oxygen atoms in total. The van der Waals surface area contributed by atoms with Gasteiger partial charge in [0.1, 0.15) is 0 Å². The normalized spacial score (nSPS) is 10.4. The molecular formula is C20H25N3O4. The summed E-state index contributed by atoms with van der Waals surface area (Å²) in [7, 11) is 0. The zero-order valence-electron chi connectivity index (χ0n) is 15.1. The highest BCUT2D eigenvalue weighted by Gasteiger charge is 2.13. The van der Waals surface area contributed by atoms with Crippen LogP contribution in [-0.2, 0) is 13.1 Å². The molecule has 27 heavy (non-hydrogen) atoms. The lowest BCUT2D eigenvalue weighted by atomic mass is 10.2. The van der Waals surface area contributed by atoms with E-state index >= 15 is 0 Å². The van der Waals surface area contributed by atoms with Crippen LogP contribution in [0.2, 0.25) is 0 Å². The lowest BCUT2D eigenvalue weighted by molar-refractivity contribution is 0.140. The Morgan fingerprint density at radius 2 is 1.07 bits per heavy atom. The van der Waals surface area contributed by atoms with Crippen molar-refractivity contribution in [2.24, 2.45) is 0 Å². The molecule has 2 aromatic rings. The monoisotopic (exact) mass is 371 g/mol. The summed E-state index contributed by atoms with van der Waals surface area (Å²) < 4.78 is 0. The van der Waals surface area contributed by atoms with E-state index in [1.807, 2.05) is 60.7 Å². The fourth-order valence-electron chi connectivity index (χ4n) is 2.65. The molecule has 0 spiro atoms. The topological polar surface area (TPSA) is 93.1 Å². The van der Waals surface area contributed by atoms with E-state index in [0.717, 1.165) is 11.1 Å². The van der Waals surface area contributed by atoms with Gasteiger partial charge >= 0.3 is 12.2 Å². The standard InChI is InChI=1S/C20H25N3O4/c24-19(25)22(15-17-7-3-1-4-8-17)13-11-21-12-14-23(20(26)27)16-18-9-5-2-6-10-18/h1-10,21H,11-16H2,(H,24,25)(H,26,27). The molecule has 0 fully saturated rings. The van der Waals surface area contributed by atoms with Crippen molar-refractivity contribution in [3.05, 3.63) is 71.8 Å². The smallest absolute Gasteiger partial charge is 0.407 e. The first-order valence-corrected chi connectivity index (χ1v) is 8.80. The molecule has 0 heterocycles. The fraction of sp³-hybridized carbons (Fsp3) is 0.300. The molecular weight excluding hydrogens is 346 g/mol. The Hall–Kier alpha value is -3.06. The number of hydrogen-bond acceptors (Lipinski definition) is 3. The predicted molar refractivity (Wildman–Crippen MR) is 103 cm³/mol. The van der Waals surface area contributed by atoms with E-state index in [-0.39, 0.29) is 0 Å². The van der Waals surface area contributed by atoms with E-state index in [1.165, 1.54) is 9.80 Å². The summed E-state index contributed by atoms with van der Waals surface area (Å²) in [5.41, 5.74) is 1.86. The number of rotatable bonds is 10. The molecule has 0 aliphatic carbocycles. The molecule has 0 aromatic heterocycles. The van der Waals surface area contributed by atoms with Crippen molar-refractivity contribution in [1.82, 2.24) is 15.1 Å². The Kier molecular flexibility index (Phi) is 8.12. The van der Waals surface area contributed by atoms with E-state index in [0.29, 0.717) is 39.3 Å². The van der Waals surface area contributed by atoms with Gasteiger partial charge in [-0.25, -0.2) is 9.59 Å². The van der Waals surface area contributed by atoms with Crippen LogP contribution in [0.4, 0.5) is 9.59 Å². The van der Waals surface area contributed by atoms with Gasteiger partial charge in [0.15, 0.2) is 0 Å². The van der Waals surface area contributed by atoms with Gasteiger partial charge in [0.2, 0.25) is 0 Å². The van der Waals surface area contributed by atoms with Crippen LogP contribution < -0.4 is 5.32 Å². The Labute approximate surface area is 158 Å². The number of hydrogen-bond donors (Lipinski definition) is 3. The van der Waals surface area contributed by atoms with E-state index in [4.69, 9.17) is 0 Å². The largest absolute Gasteiger partial charge is 0.465 e. The first kappa shape index (κ1) is 20.3. The van der Waals surface area contributed by atoms with Gasteiger partial charge in [-0.2, -0.15) is 0 Å². The molecule has 0 aliphatic heterocycles. The molecule has 2 amide bonds. The van der Waals surface area contributed by atoms with Crippen molar-refractivity contribution in [3.8, 4) is 0 Å². The van der Waals surface area contributed by atoms with Gasteiger partial charge in [0.25, 0.3) is 0 Å². The Morgan fingerprint density at radius 3 is 1.41 bits per heavy atom. The Balaban J connectivity index is 1.73. The Morgan fingerprint density at radius 1 is 0.704 bits per heavy atom. The molecule has 0 saturated carbocycles. The zero-order chi connectivity index (χ0) is 19.5. The van der Waals surface area contributed by atoms with Crippen LogP contribution in [0.15, 0.2) is 60.7 Å². The summed E-state index contributed by atoms with van der Waals surface area (Å²) in [6, 6.07) is 18.8. The summed E-state index contributed by atoms with van der Waals surface area (Å²) in [6.07, 6.45) is -1.95. The summed E-state index contributed by atoms with van der Waals surface area (Å²) in [4.78, 5) is 25.4. The molecule has 0 saturated heterocycles. The minimum Gasteiger partial charge on any atom is -0.465 e. The second-order valence-electron chi connectivity index (χ2n) is 6.13. The van der Waals surface area contributed by atoms with Crippen molar-refractivity contribution >= 4 is 12.2 Å². The lowest BCUT2D eigenvalue weighted by Crippen LogP contribution is -2.39. The lowest BCUT2D eigenvalue weighted by Gasteiger charge is -2.21. The molecule has 7 heteroatoms. The van der Waals surface area contributed by atoms with Gasteiger partial charge in [0.05, 0.1) is 0 Å². The predicted octanol–water partition coefficient (Wildman–Crippen LogP) is 2.94. The minimum atomic E-state index is -0.975. The molecule has 0 aliphatic rings. The highest BCUT2D eigenvalue weighted by Crippen LogP contribution is 2.05. The van der Waals surface area contributed by atoms with Crippen LogP contribution >= 0.6 is 0 Å². The number of nitrogens with zero attached hydrogens (tertiary/aromatic N) is 2. The maximum Gasteiger partial charge on any atom is 0.407 e. The van der Waals surface area contributed by atoms with E-state index in [2.05, 4.69) is 5.32 Å². The van der Waals surface area contributed by atoms with Crippen molar-refractivity contribution in [3.63, 3.8) is 0 Å². The van der Waals surface area contributed by atoms with E-state index < -0.39 is 12.2 Å². The van der Waals surface area contributed by atoms with Crippen molar-refractivity contribution in [2.75, 3.05) is 26.2 Å². The number of carbonyl (C=O) groups is 2. The van der Waals surface area contributed by atoms with E-state index in [9.17, 15) is 19.8 Å². The first-order chi connectivity index (χ1) is 13.1. The van der Waals surface area contributed by atoms with Gasteiger partial charge in [-0.15, -0.1) is 0 Å². The third-order valence-electron chi connectivity index (χ3n) is 4.09. The summed E-state index contributed by atoms with van der Waals surface area (Å²) in [5, 5.41) is 21.8. The second-order valence-corrected chi connectivity index (χ2v) is 6.13. The SMILES string of the molecule is O=C(O)N(CCNCCN(Cc1ccccc1)C(=O)O)Cc1ccccc1. The molecule has 0 unspecified atom stereocenters. The van der Waals surface area contributed by atoms with Gasteiger partial charge in [-0.1, -0.05) is 60.7 Å². The average molecular weight is 371 g/mol. The van der Waals surface area contributed by atoms with E-state index in [1.54, 1.807) is 0 Å². The highest BCUT2D eigenvalue weighted by molar-refractivity contribution is 5.65. The van der Waals surface area contributed by atoms with Gasteiger partial charge in [-0.3, -0.25) is 0 Å². The van der Waals surface area contributed by atoms with Crippen LogP contribution in [0.25, 0.3) is 0 Å². The molecule has 0 radical (unpaired) electrons. The fourth-order valence-corrected chi connectivity index (χ4v) is 2.65. The van der Waals surface area contributed by atoms with Crippen molar-refractivity contribution < 1.29 is 19.8 Å². The number of amides is 2. The highest BCUT2D eigenvalue weighted by atomic mass is 16.4. The average Bonchev–Trinajstić information content (AvgIpc) is 2.67. The third-order valence-corrected chi connectivity index (χ3v) is 4.09. The van der Waals surface area contributed by atoms with Crippen LogP contribution in [0.5, 0.6) is 0 Å². The molecule has 3 N–H and O–H groups in total. The minimum absolute atomic E-state index is 0.326. The zero-order valence-corrected chi connectivity index (χ0v) is 15.1. The quantitative estimate of drug-likeness (QED) is 0.559. The maximum absolute atomic E-state index is 11.4. The Bertz CT molecular complexity index is 648. The van der Waals surface area contributed by atoms with Crippen molar-refractivity contribution in [1.29, 1.82) is 0 Å². The van der Waals surface area contributed by atoms with Crippen LogP contribution in [0.1, 0.15) is 11.1 Å². The molecule has 2 rings (SSSR count). The third kappa shape index (κ3) is 7.37. The van der Waals surface area contributed by atoms with Crippen LogP contribution in [0, 0.1) is 0 Å². The summed E-state index contributed by atoms with van der Waals surface area (Å²) in [5.74, 6) is 0. The molecule has 2 aromatic carbocycles. The number of nitrogens with one attached hydrogen (secondary N) is 1. The van der Waals surface area contributed by atoms with Gasteiger partial charge in [-0.05, 0) is 11.1 Å². The second kappa shape index (κ2) is 10.8. The van der Waals surface area contributed by atoms with Crippen molar-refractivity contribution in [2.45, 2.75) is 13.1 Å².